The summed E-state index contributed by atoms with van der Waals surface area (Å²) in [6.07, 6.45) is 3.92. The highest BCUT2D eigenvalue weighted by molar-refractivity contribution is 6.30. The Labute approximate surface area is 134 Å². The van der Waals surface area contributed by atoms with E-state index >= 15 is 0 Å². The molecule has 118 valence electrons. The van der Waals surface area contributed by atoms with Crippen molar-refractivity contribution < 1.29 is 0 Å². The Morgan fingerprint density at radius 2 is 2.00 bits per heavy atom. The Bertz CT molecular complexity index is 465. The van der Waals surface area contributed by atoms with E-state index in [0.717, 1.165) is 30.6 Å². The van der Waals surface area contributed by atoms with E-state index in [1.165, 1.54) is 30.5 Å². The summed E-state index contributed by atoms with van der Waals surface area (Å²) in [5, 5.41) is 4.41. The van der Waals surface area contributed by atoms with Crippen LogP contribution in [0, 0.1) is 5.92 Å². The molecule has 0 spiro atoms. The summed E-state index contributed by atoms with van der Waals surface area (Å²) in [5.74, 6) is 0.846. The van der Waals surface area contributed by atoms with Crippen molar-refractivity contribution in [2.75, 3.05) is 18.0 Å². The third-order valence-electron chi connectivity index (χ3n) is 4.21. The normalized spacial score (nSPS) is 20.4. The minimum Gasteiger partial charge on any atom is -0.371 e. The van der Waals surface area contributed by atoms with Gasteiger partial charge in [-0.2, -0.15) is 0 Å². The van der Waals surface area contributed by atoms with Crippen molar-refractivity contribution in [1.29, 1.82) is 0 Å². The molecule has 0 aliphatic carbocycles. The molecule has 1 aromatic rings. The summed E-state index contributed by atoms with van der Waals surface area (Å²) in [7, 11) is 0. The Balaban J connectivity index is 2.17. The second-order valence-electron chi connectivity index (χ2n) is 7.40. The molecule has 1 aromatic carbocycles. The van der Waals surface area contributed by atoms with Crippen molar-refractivity contribution in [3.8, 4) is 0 Å². The van der Waals surface area contributed by atoms with Gasteiger partial charge in [-0.1, -0.05) is 18.5 Å². The van der Waals surface area contributed by atoms with Gasteiger partial charge in [0.05, 0.1) is 0 Å². The zero-order valence-electron chi connectivity index (χ0n) is 13.9. The van der Waals surface area contributed by atoms with E-state index < -0.39 is 0 Å². The second-order valence-corrected chi connectivity index (χ2v) is 7.84. The van der Waals surface area contributed by atoms with Crippen LogP contribution in [0.25, 0.3) is 0 Å². The van der Waals surface area contributed by atoms with Crippen LogP contribution >= 0.6 is 11.6 Å². The molecule has 2 rings (SSSR count). The van der Waals surface area contributed by atoms with Gasteiger partial charge in [-0.05, 0) is 69.7 Å². The average Bonchev–Trinajstić information content (AvgIpc) is 2.61. The summed E-state index contributed by atoms with van der Waals surface area (Å²) in [6.45, 7) is 12.2. The molecule has 1 fully saturated rings. The first-order valence-electron chi connectivity index (χ1n) is 8.13. The van der Waals surface area contributed by atoms with Gasteiger partial charge in [0.15, 0.2) is 0 Å². The highest BCUT2D eigenvalue weighted by Gasteiger charge is 2.18. The average molecular weight is 309 g/mol. The van der Waals surface area contributed by atoms with Crippen molar-refractivity contribution in [3.63, 3.8) is 0 Å². The number of nitrogens with one attached hydrogen (secondary N) is 1. The number of rotatable bonds is 3. The molecule has 0 bridgehead atoms. The van der Waals surface area contributed by atoms with E-state index in [-0.39, 0.29) is 5.54 Å². The molecule has 3 heteroatoms. The van der Waals surface area contributed by atoms with Crippen LogP contribution in [0.3, 0.4) is 0 Å². The van der Waals surface area contributed by atoms with E-state index in [0.29, 0.717) is 0 Å². The van der Waals surface area contributed by atoms with Crippen molar-refractivity contribution in [2.45, 2.75) is 59.0 Å². The topological polar surface area (TPSA) is 15.3 Å². The van der Waals surface area contributed by atoms with Gasteiger partial charge >= 0.3 is 0 Å². The van der Waals surface area contributed by atoms with Gasteiger partial charge in [0.1, 0.15) is 0 Å². The van der Waals surface area contributed by atoms with Crippen LogP contribution < -0.4 is 10.2 Å². The van der Waals surface area contributed by atoms with E-state index in [1.54, 1.807) is 0 Å². The number of halogens is 1. The SMILES string of the molecule is CC1CCCN(c2ccc(Cl)cc2CNC(C)(C)C)CC1. The first kappa shape index (κ1) is 16.6. The maximum atomic E-state index is 6.21. The molecule has 1 aliphatic rings. The fraction of sp³-hybridized carbons (Fsp3) is 0.667. The lowest BCUT2D eigenvalue weighted by Crippen LogP contribution is -2.36. The van der Waals surface area contributed by atoms with Gasteiger partial charge in [-0.25, -0.2) is 0 Å². The lowest BCUT2D eigenvalue weighted by Gasteiger charge is -2.28. The van der Waals surface area contributed by atoms with Crippen LogP contribution in [0.2, 0.25) is 5.02 Å². The minimum atomic E-state index is 0.118. The van der Waals surface area contributed by atoms with Gasteiger partial charge in [0, 0.05) is 35.9 Å². The largest absolute Gasteiger partial charge is 0.371 e. The van der Waals surface area contributed by atoms with Gasteiger partial charge in [0.25, 0.3) is 0 Å². The van der Waals surface area contributed by atoms with Crippen LogP contribution in [0.1, 0.15) is 52.5 Å². The second kappa shape index (κ2) is 7.02. The summed E-state index contributed by atoms with van der Waals surface area (Å²) in [6, 6.07) is 6.33. The molecular formula is C18H29ClN2. The molecule has 1 aliphatic heterocycles. The van der Waals surface area contributed by atoms with Gasteiger partial charge in [0.2, 0.25) is 0 Å². The lowest BCUT2D eigenvalue weighted by atomic mass is 10.0. The molecular weight excluding hydrogens is 280 g/mol. The fourth-order valence-electron chi connectivity index (χ4n) is 2.87. The van der Waals surface area contributed by atoms with Crippen molar-refractivity contribution in [3.05, 3.63) is 28.8 Å². The van der Waals surface area contributed by atoms with Gasteiger partial charge in [-0.15, -0.1) is 0 Å². The Morgan fingerprint density at radius 1 is 1.24 bits per heavy atom. The van der Waals surface area contributed by atoms with Crippen molar-refractivity contribution in [1.82, 2.24) is 5.32 Å². The molecule has 1 unspecified atom stereocenters. The molecule has 1 heterocycles. The van der Waals surface area contributed by atoms with E-state index in [1.807, 2.05) is 6.07 Å². The number of hydrogen-bond donors (Lipinski definition) is 1. The van der Waals surface area contributed by atoms with Gasteiger partial charge in [-0.3, -0.25) is 0 Å². The quantitative estimate of drug-likeness (QED) is 0.858. The molecule has 0 aromatic heterocycles. The molecule has 1 N–H and O–H groups in total. The maximum absolute atomic E-state index is 6.21. The predicted octanol–water partition coefficient (Wildman–Crippen LogP) is 4.85. The Morgan fingerprint density at radius 3 is 2.71 bits per heavy atom. The smallest absolute Gasteiger partial charge is 0.0412 e. The standard InChI is InChI=1S/C18H29ClN2/c1-14-6-5-10-21(11-9-14)17-8-7-16(19)12-15(17)13-20-18(2,3)4/h7-8,12,14,20H,5-6,9-11,13H2,1-4H3. The zero-order valence-corrected chi connectivity index (χ0v) is 14.6. The highest BCUT2D eigenvalue weighted by Crippen LogP contribution is 2.28. The number of benzene rings is 1. The minimum absolute atomic E-state index is 0.118. The molecule has 1 saturated heterocycles. The summed E-state index contributed by atoms with van der Waals surface area (Å²) >= 11 is 6.21. The number of nitrogens with zero attached hydrogens (tertiary/aromatic N) is 1. The van der Waals surface area contributed by atoms with E-state index in [4.69, 9.17) is 11.6 Å². The fourth-order valence-corrected chi connectivity index (χ4v) is 3.06. The molecule has 21 heavy (non-hydrogen) atoms. The van der Waals surface area contributed by atoms with Gasteiger partial charge < -0.3 is 10.2 Å². The third kappa shape index (κ3) is 5.19. The van der Waals surface area contributed by atoms with Crippen LogP contribution in [-0.4, -0.2) is 18.6 Å². The van der Waals surface area contributed by atoms with Crippen LogP contribution in [0.4, 0.5) is 5.69 Å². The van der Waals surface area contributed by atoms with Crippen molar-refractivity contribution in [2.24, 2.45) is 5.92 Å². The highest BCUT2D eigenvalue weighted by atomic mass is 35.5. The lowest BCUT2D eigenvalue weighted by molar-refractivity contribution is 0.424. The predicted molar refractivity (Wildman–Crippen MR) is 93.3 cm³/mol. The molecule has 0 radical (unpaired) electrons. The summed E-state index contributed by atoms with van der Waals surface area (Å²) in [4.78, 5) is 2.54. The number of hydrogen-bond acceptors (Lipinski definition) is 2. The van der Waals surface area contributed by atoms with Crippen LogP contribution in [0.15, 0.2) is 18.2 Å². The van der Waals surface area contributed by atoms with Crippen molar-refractivity contribution >= 4 is 17.3 Å². The van der Waals surface area contributed by atoms with Crippen LogP contribution in [-0.2, 0) is 6.54 Å². The van der Waals surface area contributed by atoms with E-state index in [2.05, 4.69) is 50.0 Å². The van der Waals surface area contributed by atoms with Crippen LogP contribution in [0.5, 0.6) is 0 Å². The third-order valence-corrected chi connectivity index (χ3v) is 4.44. The maximum Gasteiger partial charge on any atom is 0.0412 e. The molecule has 0 amide bonds. The zero-order chi connectivity index (χ0) is 15.5. The number of anilines is 1. The molecule has 2 nitrogen and oxygen atoms in total. The summed E-state index contributed by atoms with van der Waals surface area (Å²) < 4.78 is 0. The monoisotopic (exact) mass is 308 g/mol. The summed E-state index contributed by atoms with van der Waals surface area (Å²) in [5.41, 5.74) is 2.78. The Hall–Kier alpha value is -0.730. The molecule has 1 atom stereocenters. The molecule has 0 saturated carbocycles. The van der Waals surface area contributed by atoms with E-state index in [9.17, 15) is 0 Å². The Kier molecular flexibility index (Phi) is 5.56. The first-order valence-corrected chi connectivity index (χ1v) is 8.51. The first-order chi connectivity index (χ1) is 9.85.